The minimum atomic E-state index is -0.0731. The summed E-state index contributed by atoms with van der Waals surface area (Å²) in [6.07, 6.45) is 34.0. The SMILES string of the molecule is NC12CC3CC(CC(C3)C1)C2.O=C(CC12CC3CC(CC(C3)C1)C2)C12CC3CC(CC(C3)C1)C2.O=C(Cl)C12CC3CC(CC(C3)C1)C2. The molecule has 0 aromatic rings. The van der Waals surface area contributed by atoms with Crippen molar-refractivity contribution >= 4 is 22.6 Å². The summed E-state index contributed by atoms with van der Waals surface area (Å²) in [7, 11) is 0. The maximum absolute atomic E-state index is 13.6. The van der Waals surface area contributed by atoms with Crippen molar-refractivity contribution in [1.82, 2.24) is 0 Å². The molecule has 3 nitrogen and oxygen atoms in total. The Bertz CT molecular complexity index is 1140. The zero-order valence-electron chi connectivity index (χ0n) is 29.4. The third-order valence-corrected chi connectivity index (χ3v) is 18.3. The number of ketones is 1. The van der Waals surface area contributed by atoms with Crippen LogP contribution in [-0.4, -0.2) is 16.6 Å². The number of carbonyl (C=O) groups is 2. The third kappa shape index (κ3) is 5.58. The second-order valence-corrected chi connectivity index (χ2v) is 22.3. The van der Waals surface area contributed by atoms with Gasteiger partial charge in [-0.05, 0) is 242 Å². The van der Waals surface area contributed by atoms with Crippen molar-refractivity contribution < 1.29 is 9.59 Å². The molecule has 0 unspecified atom stereocenters. The van der Waals surface area contributed by atoms with Gasteiger partial charge in [-0.25, -0.2) is 0 Å². The number of hydrogen-bond acceptors (Lipinski definition) is 3. The van der Waals surface area contributed by atoms with E-state index in [2.05, 4.69) is 0 Å². The van der Waals surface area contributed by atoms with Gasteiger partial charge < -0.3 is 5.73 Å². The molecule has 0 amide bonds. The largest absolute Gasteiger partial charge is 0.325 e. The summed E-state index contributed by atoms with van der Waals surface area (Å²) in [5, 5.41) is -0.0356. The molecular formula is C43H64ClNO2. The van der Waals surface area contributed by atoms with Gasteiger partial charge in [0.2, 0.25) is 5.24 Å². The lowest BCUT2D eigenvalue weighted by molar-refractivity contribution is -0.151. The Labute approximate surface area is 290 Å². The lowest BCUT2D eigenvalue weighted by Crippen LogP contribution is -2.55. The number of carbonyl (C=O) groups excluding carboxylic acids is 2. The Balaban J connectivity index is 0.000000100. The number of halogens is 1. The summed E-state index contributed by atoms with van der Waals surface area (Å²) in [6, 6.07) is 0. The Hall–Kier alpha value is -0.410. The Morgan fingerprint density at radius 1 is 0.426 bits per heavy atom. The zero-order valence-corrected chi connectivity index (χ0v) is 30.1. The molecule has 16 fully saturated rings. The van der Waals surface area contributed by atoms with Crippen LogP contribution in [0, 0.1) is 87.3 Å². The monoisotopic (exact) mass is 661 g/mol. The number of rotatable bonds is 4. The maximum Gasteiger partial charge on any atom is 0.227 e. The lowest BCUT2D eigenvalue weighted by atomic mass is 9.45. The first-order chi connectivity index (χ1) is 22.5. The van der Waals surface area contributed by atoms with Crippen molar-refractivity contribution in [1.29, 1.82) is 0 Å². The van der Waals surface area contributed by atoms with Gasteiger partial charge in [0.1, 0.15) is 5.78 Å². The molecule has 0 radical (unpaired) electrons. The van der Waals surface area contributed by atoms with Crippen LogP contribution in [0.15, 0.2) is 0 Å². The van der Waals surface area contributed by atoms with Crippen molar-refractivity contribution in [2.75, 3.05) is 0 Å². The molecule has 16 saturated carbocycles. The van der Waals surface area contributed by atoms with Crippen molar-refractivity contribution in [3.63, 3.8) is 0 Å². The average Bonchev–Trinajstić information content (AvgIpc) is 2.94. The van der Waals surface area contributed by atoms with Gasteiger partial charge in [-0.1, -0.05) is 0 Å². The predicted molar refractivity (Wildman–Crippen MR) is 187 cm³/mol. The number of hydrogen-bond donors (Lipinski definition) is 1. The van der Waals surface area contributed by atoms with Crippen LogP contribution in [0.25, 0.3) is 0 Å². The number of Topliss-reactive ketones (excluding diaryl/α,β-unsaturated/α-hetero) is 1. The van der Waals surface area contributed by atoms with E-state index in [4.69, 9.17) is 17.3 Å². The van der Waals surface area contributed by atoms with Crippen molar-refractivity contribution in [3.8, 4) is 0 Å². The minimum absolute atomic E-state index is 0.0356. The molecule has 0 saturated heterocycles. The standard InChI is InChI=1S/C22H32O.C11H15ClO.C10H17N/c23-20(22-10-17-4-18(11-22)6-19(5-17)12-22)13-21-7-14-1-15(8-21)3-16(2-14)9-21;12-10(13)11-4-7-1-8(5-11)3-9(2-7)6-11;11-10-4-7-1-8(5-10)3-9(2-7)6-10/h14-19H,1-13H2;7-9H,1-6H2;7-9H,1-6,11H2. The quantitative estimate of drug-likeness (QED) is 0.305. The number of nitrogens with two attached hydrogens (primary N) is 1. The molecule has 16 aliphatic rings. The van der Waals surface area contributed by atoms with Crippen molar-refractivity contribution in [2.45, 2.75) is 166 Å². The minimum Gasteiger partial charge on any atom is -0.325 e. The van der Waals surface area contributed by atoms with Crippen LogP contribution in [0.3, 0.4) is 0 Å². The topological polar surface area (TPSA) is 60.2 Å². The van der Waals surface area contributed by atoms with Crippen LogP contribution in [-0.2, 0) is 9.59 Å². The molecule has 0 aromatic carbocycles. The van der Waals surface area contributed by atoms with Gasteiger partial charge in [0, 0.05) is 22.8 Å². The van der Waals surface area contributed by atoms with E-state index in [0.717, 1.165) is 102 Å². The fourth-order valence-corrected chi connectivity index (χ4v) is 18.2. The van der Waals surface area contributed by atoms with E-state index in [9.17, 15) is 9.59 Å². The van der Waals surface area contributed by atoms with E-state index < -0.39 is 0 Å². The average molecular weight is 662 g/mol. The van der Waals surface area contributed by atoms with Crippen molar-refractivity contribution in [2.24, 2.45) is 93.0 Å². The first-order valence-corrected chi connectivity index (χ1v) is 21.4. The highest BCUT2D eigenvalue weighted by Gasteiger charge is 2.58. The highest BCUT2D eigenvalue weighted by molar-refractivity contribution is 6.64. The summed E-state index contributed by atoms with van der Waals surface area (Å²) in [4.78, 5) is 25.0. The molecule has 0 aliphatic heterocycles. The summed E-state index contributed by atoms with van der Waals surface area (Å²) < 4.78 is 0. The Morgan fingerprint density at radius 3 is 0.957 bits per heavy atom. The van der Waals surface area contributed by atoms with Gasteiger partial charge in [0.05, 0.1) is 0 Å². The fourth-order valence-electron chi connectivity index (χ4n) is 18.0. The van der Waals surface area contributed by atoms with E-state index in [1.165, 1.54) is 135 Å². The predicted octanol–water partition coefficient (Wildman–Crippen LogP) is 10.3. The van der Waals surface area contributed by atoms with E-state index >= 15 is 0 Å². The van der Waals surface area contributed by atoms with Gasteiger partial charge in [0.25, 0.3) is 0 Å². The van der Waals surface area contributed by atoms with E-state index in [1.54, 1.807) is 0 Å². The molecule has 16 aliphatic carbocycles. The normalized spacial score (nSPS) is 57.4. The molecule has 0 spiro atoms. The highest BCUT2D eigenvalue weighted by atomic mass is 35.5. The van der Waals surface area contributed by atoms with Crippen molar-refractivity contribution in [3.05, 3.63) is 0 Å². The summed E-state index contributed by atoms with van der Waals surface area (Å²) in [5.41, 5.74) is 7.18. The second kappa shape index (κ2) is 11.0. The van der Waals surface area contributed by atoms with Gasteiger partial charge in [-0.2, -0.15) is 0 Å². The third-order valence-electron chi connectivity index (χ3n) is 17.9. The van der Waals surface area contributed by atoms with E-state index in [-0.39, 0.29) is 16.1 Å². The molecule has 0 aromatic heterocycles. The van der Waals surface area contributed by atoms with Crippen LogP contribution >= 0.6 is 11.6 Å². The molecule has 16 bridgehead atoms. The maximum atomic E-state index is 13.6. The summed E-state index contributed by atoms with van der Waals surface area (Å²) >= 11 is 5.76. The first-order valence-electron chi connectivity index (χ1n) is 21.0. The van der Waals surface area contributed by atoms with Gasteiger partial charge in [0.15, 0.2) is 0 Å². The Kier molecular flexibility index (Phi) is 7.36. The van der Waals surface area contributed by atoms with Gasteiger partial charge >= 0.3 is 0 Å². The molecular weight excluding hydrogens is 598 g/mol. The molecule has 16 rings (SSSR count). The zero-order chi connectivity index (χ0) is 31.8. The van der Waals surface area contributed by atoms with Crippen LogP contribution < -0.4 is 5.73 Å². The van der Waals surface area contributed by atoms with Gasteiger partial charge in [-0.15, -0.1) is 0 Å². The van der Waals surface area contributed by atoms with E-state index in [1.807, 2.05) is 0 Å². The molecule has 2 N–H and O–H groups in total. The van der Waals surface area contributed by atoms with Crippen LogP contribution in [0.4, 0.5) is 0 Å². The van der Waals surface area contributed by atoms with Gasteiger partial charge in [-0.3, -0.25) is 9.59 Å². The molecule has 0 heterocycles. The lowest BCUT2D eigenvalue weighted by Gasteiger charge is -2.59. The summed E-state index contributed by atoms with van der Waals surface area (Å²) in [6.45, 7) is 0. The van der Waals surface area contributed by atoms with Crippen LogP contribution in [0.2, 0.25) is 0 Å². The molecule has 0 atom stereocenters. The molecule has 260 valence electrons. The first kappa shape index (κ1) is 31.3. The Morgan fingerprint density at radius 2 is 0.681 bits per heavy atom. The molecule has 47 heavy (non-hydrogen) atoms. The highest BCUT2D eigenvalue weighted by Crippen LogP contribution is 2.65. The second-order valence-electron chi connectivity index (χ2n) is 22.0. The van der Waals surface area contributed by atoms with Crippen LogP contribution in [0.1, 0.15) is 161 Å². The summed E-state index contributed by atoms with van der Waals surface area (Å²) in [5.74, 6) is 12.0. The molecule has 4 heteroatoms. The van der Waals surface area contributed by atoms with E-state index in [0.29, 0.717) is 11.0 Å². The van der Waals surface area contributed by atoms with Crippen LogP contribution in [0.5, 0.6) is 0 Å². The fraction of sp³-hybridized carbons (Fsp3) is 0.953. The smallest absolute Gasteiger partial charge is 0.227 e.